The number of hydrogen-bond donors (Lipinski definition) is 2. The van der Waals surface area contributed by atoms with Crippen LogP contribution in [0.1, 0.15) is 53.6 Å². The summed E-state index contributed by atoms with van der Waals surface area (Å²) in [6.45, 7) is 1.13. The van der Waals surface area contributed by atoms with Gasteiger partial charge in [0.25, 0.3) is 0 Å². The number of nitrogen functional groups attached to an aromatic ring is 1. The number of likely N-dealkylation sites (tertiary alicyclic amines) is 1. The summed E-state index contributed by atoms with van der Waals surface area (Å²) < 4.78 is 0. The van der Waals surface area contributed by atoms with Crippen molar-refractivity contribution in [1.82, 2.24) is 15.2 Å². The molecule has 3 aromatic rings. The van der Waals surface area contributed by atoms with Crippen molar-refractivity contribution in [2.24, 2.45) is 0 Å². The van der Waals surface area contributed by atoms with E-state index in [1.807, 2.05) is 52.7 Å². The average Bonchev–Trinajstić information content (AvgIpc) is 3.48. The van der Waals surface area contributed by atoms with Crippen molar-refractivity contribution >= 4 is 28.8 Å². The summed E-state index contributed by atoms with van der Waals surface area (Å²) in [6.07, 6.45) is 3.06. The normalized spacial score (nSPS) is 15.6. The van der Waals surface area contributed by atoms with Crippen LogP contribution in [0.15, 0.2) is 60.0 Å². The molecule has 1 atom stereocenters. The maximum atomic E-state index is 12.7. The molecule has 4 rings (SSSR count). The molecule has 6 nitrogen and oxygen atoms in total. The van der Waals surface area contributed by atoms with Gasteiger partial charge in [-0.3, -0.25) is 9.59 Å². The summed E-state index contributed by atoms with van der Waals surface area (Å²) in [5.74, 6) is -0.0821. The number of carbonyl (C=O) groups is 2. The molecule has 2 amide bonds. The number of hydrogen-bond acceptors (Lipinski definition) is 5. The number of nitrogens with one attached hydrogen (secondary N) is 1. The van der Waals surface area contributed by atoms with Crippen LogP contribution in [0, 0.1) is 0 Å². The number of carbonyl (C=O) groups excluding carboxylic acids is 2. The second-order valence-corrected chi connectivity index (χ2v) is 8.98. The van der Waals surface area contributed by atoms with Gasteiger partial charge in [0.1, 0.15) is 5.01 Å². The van der Waals surface area contributed by atoms with Crippen LogP contribution >= 0.6 is 11.3 Å². The van der Waals surface area contributed by atoms with Gasteiger partial charge in [0, 0.05) is 36.9 Å². The van der Waals surface area contributed by atoms with Crippen LogP contribution in [-0.4, -0.2) is 28.2 Å². The first-order chi connectivity index (χ1) is 15.6. The van der Waals surface area contributed by atoms with E-state index in [0.717, 1.165) is 41.3 Å². The van der Waals surface area contributed by atoms with E-state index >= 15 is 0 Å². The predicted molar refractivity (Wildman–Crippen MR) is 127 cm³/mol. The van der Waals surface area contributed by atoms with Gasteiger partial charge in [0.2, 0.25) is 11.8 Å². The van der Waals surface area contributed by atoms with Gasteiger partial charge >= 0.3 is 0 Å². The molecule has 1 saturated heterocycles. The van der Waals surface area contributed by atoms with Gasteiger partial charge in [0.05, 0.1) is 18.3 Å². The molecule has 3 N–H and O–H groups in total. The van der Waals surface area contributed by atoms with Gasteiger partial charge in [-0.15, -0.1) is 11.3 Å². The van der Waals surface area contributed by atoms with E-state index in [4.69, 9.17) is 5.73 Å². The Morgan fingerprint density at radius 2 is 1.88 bits per heavy atom. The van der Waals surface area contributed by atoms with Gasteiger partial charge in [-0.1, -0.05) is 48.5 Å². The molecule has 32 heavy (non-hydrogen) atoms. The highest BCUT2D eigenvalue weighted by atomic mass is 32.1. The molecule has 1 aromatic heterocycles. The first-order valence-electron chi connectivity index (χ1n) is 11.0. The van der Waals surface area contributed by atoms with Crippen molar-refractivity contribution in [2.75, 3.05) is 12.3 Å². The van der Waals surface area contributed by atoms with Gasteiger partial charge < -0.3 is 16.0 Å². The Kier molecular flexibility index (Phi) is 7.17. The van der Waals surface area contributed by atoms with Crippen LogP contribution in [0.5, 0.6) is 0 Å². The average molecular weight is 449 g/mol. The van der Waals surface area contributed by atoms with Gasteiger partial charge in [-0.25, -0.2) is 4.98 Å². The minimum absolute atomic E-state index is 0.0449. The number of anilines is 1. The second-order valence-electron chi connectivity index (χ2n) is 8.04. The van der Waals surface area contributed by atoms with Crippen LogP contribution in [0.2, 0.25) is 0 Å². The van der Waals surface area contributed by atoms with E-state index in [1.165, 1.54) is 16.9 Å². The van der Waals surface area contributed by atoms with Crippen LogP contribution < -0.4 is 11.1 Å². The van der Waals surface area contributed by atoms with Crippen molar-refractivity contribution in [1.29, 1.82) is 0 Å². The zero-order valence-electron chi connectivity index (χ0n) is 18.0. The summed E-state index contributed by atoms with van der Waals surface area (Å²) in [6, 6.07) is 18.0. The molecule has 1 fully saturated rings. The molecule has 0 radical (unpaired) electrons. The third-order valence-electron chi connectivity index (χ3n) is 5.79. The Balaban J connectivity index is 1.23. The number of nitrogens with zero attached hydrogens (tertiary/aromatic N) is 2. The van der Waals surface area contributed by atoms with Crippen molar-refractivity contribution < 1.29 is 9.59 Å². The monoisotopic (exact) mass is 448 g/mol. The first-order valence-corrected chi connectivity index (χ1v) is 11.9. The molecule has 1 unspecified atom stereocenters. The third-order valence-corrected chi connectivity index (χ3v) is 6.68. The van der Waals surface area contributed by atoms with Crippen molar-refractivity contribution in [3.63, 3.8) is 0 Å². The lowest BCUT2D eigenvalue weighted by Crippen LogP contribution is -2.32. The fourth-order valence-corrected chi connectivity index (χ4v) is 4.85. The van der Waals surface area contributed by atoms with E-state index in [1.54, 1.807) is 0 Å². The summed E-state index contributed by atoms with van der Waals surface area (Å²) in [4.78, 5) is 31.6. The fourth-order valence-electron chi connectivity index (χ4n) is 4.12. The Bertz CT molecular complexity index is 1070. The lowest BCUT2D eigenvalue weighted by atomic mass is 10.0. The zero-order chi connectivity index (χ0) is 22.3. The van der Waals surface area contributed by atoms with Crippen LogP contribution in [0.4, 0.5) is 5.69 Å². The largest absolute Gasteiger partial charge is 0.398 e. The number of para-hydroxylation sites is 1. The number of aromatic nitrogens is 1. The van der Waals surface area contributed by atoms with Gasteiger partial charge in [-0.05, 0) is 30.0 Å². The third kappa shape index (κ3) is 5.53. The van der Waals surface area contributed by atoms with E-state index in [0.29, 0.717) is 13.0 Å². The summed E-state index contributed by atoms with van der Waals surface area (Å²) in [5.41, 5.74) is 9.91. The highest BCUT2D eigenvalue weighted by molar-refractivity contribution is 7.09. The summed E-state index contributed by atoms with van der Waals surface area (Å²) in [7, 11) is 0. The second kappa shape index (κ2) is 10.4. The van der Waals surface area contributed by atoms with E-state index < -0.39 is 0 Å². The van der Waals surface area contributed by atoms with Crippen LogP contribution in [0.3, 0.4) is 0 Å². The molecule has 0 saturated carbocycles. The van der Waals surface area contributed by atoms with E-state index in [9.17, 15) is 9.59 Å². The minimum atomic E-state index is -0.127. The Labute approximate surface area is 192 Å². The van der Waals surface area contributed by atoms with Gasteiger partial charge in [0.15, 0.2) is 0 Å². The zero-order valence-corrected chi connectivity index (χ0v) is 18.8. The van der Waals surface area contributed by atoms with E-state index in [-0.39, 0.29) is 30.7 Å². The highest BCUT2D eigenvalue weighted by Gasteiger charge is 2.29. The molecule has 166 valence electrons. The van der Waals surface area contributed by atoms with Crippen molar-refractivity contribution in [2.45, 2.75) is 44.7 Å². The minimum Gasteiger partial charge on any atom is -0.398 e. The molecule has 2 heterocycles. The quantitative estimate of drug-likeness (QED) is 0.508. The summed E-state index contributed by atoms with van der Waals surface area (Å²) in [5, 5.41) is 5.73. The lowest BCUT2D eigenvalue weighted by molar-refractivity contribution is -0.134. The lowest BCUT2D eigenvalue weighted by Gasteiger charge is -2.25. The van der Waals surface area contributed by atoms with Crippen molar-refractivity contribution in [3.05, 3.63) is 81.8 Å². The SMILES string of the molecule is Nc1ccccc1Cc1csc(CNC(=O)CCC(=O)N2CCCC2c2ccccc2)n1. The fraction of sp³-hybridized carbons (Fsp3) is 0.320. The number of thiazole rings is 1. The molecule has 2 aromatic carbocycles. The maximum absolute atomic E-state index is 12.7. The van der Waals surface area contributed by atoms with Crippen LogP contribution in [-0.2, 0) is 22.6 Å². The molecule has 0 bridgehead atoms. The molecule has 7 heteroatoms. The topological polar surface area (TPSA) is 88.3 Å². The molecule has 0 spiro atoms. The number of nitrogens with two attached hydrogens (primary N) is 1. The van der Waals surface area contributed by atoms with Gasteiger partial charge in [-0.2, -0.15) is 0 Å². The maximum Gasteiger partial charge on any atom is 0.223 e. The Hall–Kier alpha value is -3.19. The van der Waals surface area contributed by atoms with Crippen molar-refractivity contribution in [3.8, 4) is 0 Å². The molecule has 0 aliphatic carbocycles. The smallest absolute Gasteiger partial charge is 0.223 e. The predicted octanol–water partition coefficient (Wildman–Crippen LogP) is 4.08. The van der Waals surface area contributed by atoms with Crippen LogP contribution in [0.25, 0.3) is 0 Å². The standard InChI is InChI=1S/C25H28N4O2S/c26-21-10-5-4-9-19(21)15-20-17-32-24(28-20)16-27-23(30)12-13-25(31)29-14-6-11-22(29)18-7-2-1-3-8-18/h1-5,7-10,17,22H,6,11-16,26H2,(H,27,30). The first kappa shape index (κ1) is 22.0. The highest BCUT2D eigenvalue weighted by Crippen LogP contribution is 2.32. The molecular weight excluding hydrogens is 420 g/mol. The number of rotatable bonds is 8. The molecule has 1 aliphatic rings. The number of amides is 2. The Morgan fingerprint density at radius 1 is 1.09 bits per heavy atom. The number of benzene rings is 2. The Morgan fingerprint density at radius 3 is 2.69 bits per heavy atom. The molecule has 1 aliphatic heterocycles. The molecular formula is C25H28N4O2S. The van der Waals surface area contributed by atoms with E-state index in [2.05, 4.69) is 22.4 Å². The summed E-state index contributed by atoms with van der Waals surface area (Å²) >= 11 is 1.52.